The van der Waals surface area contributed by atoms with Gasteiger partial charge >= 0.3 is 0 Å². The highest BCUT2D eigenvalue weighted by Crippen LogP contribution is 2.35. The van der Waals surface area contributed by atoms with Crippen molar-refractivity contribution in [1.82, 2.24) is 15.2 Å². The zero-order valence-electron chi connectivity index (χ0n) is 14.6. The first-order valence-corrected chi connectivity index (χ1v) is 10.5. The Balaban J connectivity index is 1.48. The molecule has 1 aliphatic rings. The molecule has 0 saturated heterocycles. The van der Waals surface area contributed by atoms with Crippen LogP contribution in [0.5, 0.6) is 0 Å². The minimum atomic E-state index is -0.159. The maximum atomic E-state index is 12.7. The minimum Gasteiger partial charge on any atom is -0.296 e. The molecule has 3 aromatic rings. The van der Waals surface area contributed by atoms with Crippen molar-refractivity contribution in [3.8, 4) is 10.6 Å². The molecule has 2 heterocycles. The topological polar surface area (TPSA) is 67.8 Å². The van der Waals surface area contributed by atoms with Crippen LogP contribution in [0.25, 0.3) is 10.6 Å². The number of aryl methyl sites for hydroxylation is 1. The van der Waals surface area contributed by atoms with Gasteiger partial charge in [0, 0.05) is 11.5 Å². The number of nitrogens with one attached hydrogen (secondary N) is 1. The molecule has 1 aromatic carbocycles. The first-order valence-electron chi connectivity index (χ1n) is 8.88. The zero-order valence-corrected chi connectivity index (χ0v) is 16.2. The molecule has 0 spiro atoms. The van der Waals surface area contributed by atoms with Crippen LogP contribution in [-0.2, 0) is 0 Å². The van der Waals surface area contributed by atoms with Crippen molar-refractivity contribution >= 4 is 33.7 Å². The van der Waals surface area contributed by atoms with Crippen molar-refractivity contribution in [1.29, 1.82) is 0 Å². The predicted octanol–water partition coefficient (Wildman–Crippen LogP) is 5.27. The Morgan fingerprint density at radius 1 is 1.08 bits per heavy atom. The van der Waals surface area contributed by atoms with E-state index >= 15 is 0 Å². The van der Waals surface area contributed by atoms with Gasteiger partial charge in [0.1, 0.15) is 14.9 Å². The summed E-state index contributed by atoms with van der Waals surface area (Å²) in [7, 11) is 0. The van der Waals surface area contributed by atoms with E-state index in [1.807, 2.05) is 37.3 Å². The SMILES string of the molecule is Cc1nc(-c2ccccc2)sc1C(=O)Nc1nnc(C2CCCCC2)s1. The first-order chi connectivity index (χ1) is 12.7. The number of benzene rings is 1. The summed E-state index contributed by atoms with van der Waals surface area (Å²) in [5.41, 5.74) is 1.76. The monoisotopic (exact) mass is 384 g/mol. The second kappa shape index (κ2) is 7.63. The molecular formula is C19H20N4OS2. The second-order valence-corrected chi connectivity index (χ2v) is 8.54. The molecule has 0 unspecified atom stereocenters. The van der Waals surface area contributed by atoms with Crippen LogP contribution in [0.2, 0.25) is 0 Å². The fourth-order valence-corrected chi connectivity index (χ4v) is 5.14. The van der Waals surface area contributed by atoms with Gasteiger partial charge in [-0.3, -0.25) is 10.1 Å². The molecule has 5 nitrogen and oxygen atoms in total. The van der Waals surface area contributed by atoms with Crippen LogP contribution in [0.15, 0.2) is 30.3 Å². The Kier molecular flexibility index (Phi) is 5.08. The molecule has 7 heteroatoms. The number of carbonyl (C=O) groups is 1. The van der Waals surface area contributed by atoms with Crippen molar-refractivity contribution in [3.63, 3.8) is 0 Å². The molecule has 1 aliphatic carbocycles. The van der Waals surface area contributed by atoms with Crippen LogP contribution in [0.4, 0.5) is 5.13 Å². The summed E-state index contributed by atoms with van der Waals surface area (Å²) in [6.07, 6.45) is 6.18. The third-order valence-corrected chi connectivity index (χ3v) is 6.85. The Bertz CT molecular complexity index is 897. The maximum absolute atomic E-state index is 12.7. The number of carbonyl (C=O) groups excluding carboxylic acids is 1. The van der Waals surface area contributed by atoms with Gasteiger partial charge < -0.3 is 0 Å². The Morgan fingerprint density at radius 2 is 1.85 bits per heavy atom. The summed E-state index contributed by atoms with van der Waals surface area (Å²) in [6, 6.07) is 9.92. The smallest absolute Gasteiger partial charge is 0.269 e. The van der Waals surface area contributed by atoms with Crippen molar-refractivity contribution < 1.29 is 4.79 Å². The van der Waals surface area contributed by atoms with E-state index in [4.69, 9.17) is 0 Å². The fraction of sp³-hybridized carbons (Fsp3) is 0.368. The van der Waals surface area contributed by atoms with Crippen molar-refractivity contribution in [2.75, 3.05) is 5.32 Å². The molecule has 0 bridgehead atoms. The Hall–Kier alpha value is -2.12. The van der Waals surface area contributed by atoms with Gasteiger partial charge in [-0.25, -0.2) is 4.98 Å². The van der Waals surface area contributed by atoms with Crippen molar-refractivity contribution in [2.24, 2.45) is 0 Å². The molecule has 1 saturated carbocycles. The standard InChI is InChI=1S/C19H20N4OS2/c1-12-15(25-17(20-12)13-8-4-2-5-9-13)16(24)21-19-23-22-18(26-19)14-10-6-3-7-11-14/h2,4-5,8-9,14H,3,6-7,10-11H2,1H3,(H,21,23,24). The molecule has 134 valence electrons. The molecule has 0 radical (unpaired) electrons. The lowest BCUT2D eigenvalue weighted by atomic mass is 9.90. The molecule has 2 aromatic heterocycles. The number of amides is 1. The summed E-state index contributed by atoms with van der Waals surface area (Å²) < 4.78 is 0. The number of aromatic nitrogens is 3. The van der Waals surface area contributed by atoms with E-state index in [2.05, 4.69) is 20.5 Å². The molecule has 26 heavy (non-hydrogen) atoms. The molecule has 1 N–H and O–H groups in total. The molecule has 4 rings (SSSR count). The molecule has 1 amide bonds. The lowest BCUT2D eigenvalue weighted by molar-refractivity contribution is 0.102. The largest absolute Gasteiger partial charge is 0.296 e. The van der Waals surface area contributed by atoms with E-state index in [1.165, 1.54) is 54.8 Å². The van der Waals surface area contributed by atoms with Crippen LogP contribution in [0, 0.1) is 6.92 Å². The number of thiazole rings is 1. The van der Waals surface area contributed by atoms with Gasteiger partial charge in [-0.05, 0) is 19.8 Å². The predicted molar refractivity (Wildman–Crippen MR) is 106 cm³/mol. The Morgan fingerprint density at radius 3 is 2.62 bits per heavy atom. The van der Waals surface area contributed by atoms with E-state index in [-0.39, 0.29) is 5.91 Å². The van der Waals surface area contributed by atoms with Crippen LogP contribution in [0.1, 0.15) is 58.4 Å². The zero-order chi connectivity index (χ0) is 17.9. The average Bonchev–Trinajstić information content (AvgIpc) is 3.30. The summed E-state index contributed by atoms with van der Waals surface area (Å²) in [4.78, 5) is 17.8. The molecular weight excluding hydrogens is 364 g/mol. The van der Waals surface area contributed by atoms with Gasteiger partial charge in [0.15, 0.2) is 0 Å². The number of nitrogens with zero attached hydrogens (tertiary/aromatic N) is 3. The normalized spacial score (nSPS) is 15.1. The fourth-order valence-electron chi connectivity index (χ4n) is 3.26. The highest BCUT2D eigenvalue weighted by molar-refractivity contribution is 7.17. The summed E-state index contributed by atoms with van der Waals surface area (Å²) in [5.74, 6) is 0.343. The molecule has 0 aliphatic heterocycles. The van der Waals surface area contributed by atoms with Gasteiger partial charge in [0.2, 0.25) is 5.13 Å². The van der Waals surface area contributed by atoms with Crippen LogP contribution in [-0.4, -0.2) is 21.1 Å². The highest BCUT2D eigenvalue weighted by atomic mass is 32.1. The van der Waals surface area contributed by atoms with E-state index < -0.39 is 0 Å². The van der Waals surface area contributed by atoms with E-state index in [0.29, 0.717) is 15.9 Å². The minimum absolute atomic E-state index is 0.159. The van der Waals surface area contributed by atoms with E-state index in [0.717, 1.165) is 21.3 Å². The van der Waals surface area contributed by atoms with Crippen LogP contribution >= 0.6 is 22.7 Å². The summed E-state index contributed by atoms with van der Waals surface area (Å²) in [5, 5.41) is 13.9. The molecule has 1 fully saturated rings. The lowest BCUT2D eigenvalue weighted by Crippen LogP contribution is -2.11. The Labute approximate surface area is 160 Å². The van der Waals surface area contributed by atoms with Crippen LogP contribution in [0.3, 0.4) is 0 Å². The van der Waals surface area contributed by atoms with Crippen LogP contribution < -0.4 is 5.32 Å². The number of anilines is 1. The summed E-state index contributed by atoms with van der Waals surface area (Å²) in [6.45, 7) is 1.87. The number of hydrogen-bond acceptors (Lipinski definition) is 6. The van der Waals surface area contributed by atoms with Gasteiger partial charge in [-0.1, -0.05) is 60.9 Å². The number of hydrogen-bond donors (Lipinski definition) is 1. The van der Waals surface area contributed by atoms with Crippen molar-refractivity contribution in [3.05, 3.63) is 45.9 Å². The lowest BCUT2D eigenvalue weighted by Gasteiger charge is -2.18. The summed E-state index contributed by atoms with van der Waals surface area (Å²) >= 11 is 2.91. The second-order valence-electron chi connectivity index (χ2n) is 6.53. The van der Waals surface area contributed by atoms with Gasteiger partial charge in [0.25, 0.3) is 5.91 Å². The van der Waals surface area contributed by atoms with Gasteiger partial charge in [0.05, 0.1) is 5.69 Å². The average molecular weight is 385 g/mol. The third kappa shape index (κ3) is 3.68. The van der Waals surface area contributed by atoms with Crippen molar-refractivity contribution in [2.45, 2.75) is 44.9 Å². The molecule has 0 atom stereocenters. The van der Waals surface area contributed by atoms with Gasteiger partial charge in [-0.2, -0.15) is 0 Å². The first kappa shape index (κ1) is 17.3. The van der Waals surface area contributed by atoms with E-state index in [1.54, 1.807) is 0 Å². The quantitative estimate of drug-likeness (QED) is 0.665. The van der Waals surface area contributed by atoms with E-state index in [9.17, 15) is 4.79 Å². The number of rotatable bonds is 4. The van der Waals surface area contributed by atoms with Gasteiger partial charge in [-0.15, -0.1) is 21.5 Å². The maximum Gasteiger partial charge on any atom is 0.269 e. The highest BCUT2D eigenvalue weighted by Gasteiger charge is 2.22. The third-order valence-electron chi connectivity index (χ3n) is 4.64.